The molecule has 0 unspecified atom stereocenters. The Bertz CT molecular complexity index is 248. The fourth-order valence-corrected chi connectivity index (χ4v) is 2.46. The number of aromatic nitrogens is 1. The van der Waals surface area contributed by atoms with Crippen LogP contribution in [0.15, 0.2) is 10.9 Å². The van der Waals surface area contributed by atoms with E-state index in [4.69, 9.17) is 0 Å². The molecule has 0 N–H and O–H groups in total. The molecule has 0 amide bonds. The minimum absolute atomic E-state index is 0. The zero-order valence-electron chi connectivity index (χ0n) is 9.84. The Labute approximate surface area is 104 Å². The summed E-state index contributed by atoms with van der Waals surface area (Å²) in [5.74, 6) is 0. The fourth-order valence-electron chi connectivity index (χ4n) is 1.64. The number of thiazole rings is 1. The number of aryl methyl sites for hydroxylation is 2. The van der Waals surface area contributed by atoms with Gasteiger partial charge < -0.3 is 12.4 Å². The van der Waals surface area contributed by atoms with Crippen LogP contribution in [0.3, 0.4) is 0 Å². The molecule has 1 heterocycles. The standard InChI is InChI=1S/C12H22NS.ClH/c1-3-4-5-6-7-8-9-13-11-14-10-12(13)2;/h10-11H,3-9H2,1-2H3;1H/q+1;/p-1. The minimum atomic E-state index is 0. The molecule has 0 spiro atoms. The Balaban J connectivity index is 0.00000196. The average molecular weight is 248 g/mol. The summed E-state index contributed by atoms with van der Waals surface area (Å²) < 4.78 is 2.37. The van der Waals surface area contributed by atoms with E-state index in [0.717, 1.165) is 0 Å². The number of rotatable bonds is 7. The first-order chi connectivity index (χ1) is 6.84. The molecular weight excluding hydrogens is 226 g/mol. The number of hydrogen-bond acceptors (Lipinski definition) is 1. The molecule has 0 saturated carbocycles. The Morgan fingerprint density at radius 2 is 1.80 bits per heavy atom. The van der Waals surface area contributed by atoms with Crippen molar-refractivity contribution in [3.8, 4) is 0 Å². The molecule has 0 atom stereocenters. The molecule has 3 heteroatoms. The van der Waals surface area contributed by atoms with Crippen molar-refractivity contribution >= 4 is 11.3 Å². The van der Waals surface area contributed by atoms with Gasteiger partial charge in [0.2, 0.25) is 5.51 Å². The van der Waals surface area contributed by atoms with Crippen LogP contribution in [0, 0.1) is 6.92 Å². The Kier molecular flexibility index (Phi) is 9.12. The van der Waals surface area contributed by atoms with E-state index >= 15 is 0 Å². The molecule has 15 heavy (non-hydrogen) atoms. The number of unbranched alkanes of at least 4 members (excludes halogenated alkanes) is 5. The van der Waals surface area contributed by atoms with Crippen molar-refractivity contribution in [2.24, 2.45) is 0 Å². The smallest absolute Gasteiger partial charge is 0.224 e. The highest BCUT2D eigenvalue weighted by Crippen LogP contribution is 2.05. The summed E-state index contributed by atoms with van der Waals surface area (Å²) in [5, 5.41) is 2.22. The van der Waals surface area contributed by atoms with Crippen LogP contribution in [0.25, 0.3) is 0 Å². The summed E-state index contributed by atoms with van der Waals surface area (Å²) in [7, 11) is 0. The molecule has 0 fully saturated rings. The normalized spacial score (nSPS) is 10.0. The highest BCUT2D eigenvalue weighted by Gasteiger charge is 2.05. The monoisotopic (exact) mass is 247 g/mol. The van der Waals surface area contributed by atoms with Gasteiger partial charge in [-0.25, -0.2) is 0 Å². The highest BCUT2D eigenvalue weighted by atomic mass is 35.5. The zero-order chi connectivity index (χ0) is 10.2. The van der Waals surface area contributed by atoms with Gasteiger partial charge >= 0.3 is 0 Å². The van der Waals surface area contributed by atoms with Gasteiger partial charge in [0.1, 0.15) is 6.54 Å². The van der Waals surface area contributed by atoms with Crippen LogP contribution in [-0.4, -0.2) is 0 Å². The lowest BCUT2D eigenvalue weighted by Crippen LogP contribution is -3.00. The van der Waals surface area contributed by atoms with Gasteiger partial charge in [-0.05, 0) is 6.42 Å². The van der Waals surface area contributed by atoms with Crippen molar-refractivity contribution in [3.63, 3.8) is 0 Å². The summed E-state index contributed by atoms with van der Waals surface area (Å²) in [5.41, 5.74) is 3.63. The Morgan fingerprint density at radius 3 is 2.40 bits per heavy atom. The fraction of sp³-hybridized carbons (Fsp3) is 0.750. The van der Waals surface area contributed by atoms with Gasteiger partial charge in [-0.3, -0.25) is 0 Å². The second-order valence-electron chi connectivity index (χ2n) is 3.96. The molecule has 0 aliphatic carbocycles. The van der Waals surface area contributed by atoms with E-state index in [1.807, 2.05) is 0 Å². The summed E-state index contributed by atoms with van der Waals surface area (Å²) in [4.78, 5) is 0. The molecular formula is C12H22ClNS. The number of hydrogen-bond donors (Lipinski definition) is 0. The lowest BCUT2D eigenvalue weighted by molar-refractivity contribution is -0.698. The van der Waals surface area contributed by atoms with E-state index in [9.17, 15) is 0 Å². The molecule has 0 aromatic carbocycles. The van der Waals surface area contributed by atoms with Crippen LogP contribution in [0.2, 0.25) is 0 Å². The second kappa shape index (κ2) is 9.17. The molecule has 0 bridgehead atoms. The van der Waals surface area contributed by atoms with Crippen LogP contribution >= 0.6 is 11.3 Å². The van der Waals surface area contributed by atoms with Crippen molar-refractivity contribution in [3.05, 3.63) is 16.6 Å². The summed E-state index contributed by atoms with van der Waals surface area (Å²) in [6.45, 7) is 5.67. The van der Waals surface area contributed by atoms with Gasteiger partial charge in [0.15, 0.2) is 5.69 Å². The summed E-state index contributed by atoms with van der Waals surface area (Å²) >= 11 is 1.80. The highest BCUT2D eigenvalue weighted by molar-refractivity contribution is 7.07. The molecule has 0 aliphatic rings. The SMILES string of the molecule is CCCCCCCC[n+]1cscc1C.[Cl-]. The molecule has 0 radical (unpaired) electrons. The van der Waals surface area contributed by atoms with Gasteiger partial charge in [0.05, 0.1) is 5.38 Å². The van der Waals surface area contributed by atoms with E-state index in [0.29, 0.717) is 0 Å². The first kappa shape index (κ1) is 14.9. The van der Waals surface area contributed by atoms with Crippen molar-refractivity contribution in [1.82, 2.24) is 0 Å². The maximum Gasteiger partial charge on any atom is 0.224 e. The zero-order valence-corrected chi connectivity index (χ0v) is 11.4. The third-order valence-electron chi connectivity index (χ3n) is 2.63. The van der Waals surface area contributed by atoms with Gasteiger partial charge in [-0.1, -0.05) is 43.9 Å². The lowest BCUT2D eigenvalue weighted by atomic mass is 10.1. The molecule has 1 rings (SSSR count). The van der Waals surface area contributed by atoms with Crippen LogP contribution in [0.5, 0.6) is 0 Å². The largest absolute Gasteiger partial charge is 1.00 e. The van der Waals surface area contributed by atoms with Gasteiger partial charge in [-0.2, -0.15) is 4.57 Å². The topological polar surface area (TPSA) is 3.88 Å². The van der Waals surface area contributed by atoms with E-state index in [1.165, 1.54) is 50.8 Å². The van der Waals surface area contributed by atoms with Crippen molar-refractivity contribution in [1.29, 1.82) is 0 Å². The predicted octanol–water partition coefficient (Wildman–Crippen LogP) is 0.709. The molecule has 1 nitrogen and oxygen atoms in total. The van der Waals surface area contributed by atoms with Crippen molar-refractivity contribution in [2.45, 2.75) is 58.9 Å². The van der Waals surface area contributed by atoms with Crippen LogP contribution in [0.4, 0.5) is 0 Å². The molecule has 1 aromatic rings. The third-order valence-corrected chi connectivity index (χ3v) is 3.49. The van der Waals surface area contributed by atoms with E-state index in [2.05, 4.69) is 29.3 Å². The number of halogens is 1. The van der Waals surface area contributed by atoms with E-state index in [1.54, 1.807) is 11.3 Å². The third kappa shape index (κ3) is 6.16. The van der Waals surface area contributed by atoms with Gasteiger partial charge in [0, 0.05) is 13.3 Å². The second-order valence-corrected chi connectivity index (χ2v) is 4.68. The van der Waals surface area contributed by atoms with Gasteiger partial charge in [0.25, 0.3) is 0 Å². The first-order valence-corrected chi connectivity index (χ1v) is 6.71. The Morgan fingerprint density at radius 1 is 1.13 bits per heavy atom. The van der Waals surface area contributed by atoms with Crippen LogP contribution < -0.4 is 17.0 Å². The van der Waals surface area contributed by atoms with Crippen LogP contribution in [-0.2, 0) is 6.54 Å². The maximum absolute atomic E-state index is 2.37. The average Bonchev–Trinajstić information content (AvgIpc) is 2.58. The Hall–Kier alpha value is -0.0800. The molecule has 1 aromatic heterocycles. The summed E-state index contributed by atoms with van der Waals surface area (Å²) in [6, 6.07) is 0. The summed E-state index contributed by atoms with van der Waals surface area (Å²) in [6.07, 6.45) is 8.32. The van der Waals surface area contributed by atoms with Crippen molar-refractivity contribution in [2.75, 3.05) is 0 Å². The predicted molar refractivity (Wildman–Crippen MR) is 62.6 cm³/mol. The lowest BCUT2D eigenvalue weighted by Gasteiger charge is -1.97. The molecule has 0 aliphatic heterocycles. The molecule has 0 saturated heterocycles. The first-order valence-electron chi connectivity index (χ1n) is 5.77. The number of nitrogens with zero attached hydrogens (tertiary/aromatic N) is 1. The van der Waals surface area contributed by atoms with Gasteiger partial charge in [-0.15, -0.1) is 0 Å². The minimum Gasteiger partial charge on any atom is -1.00 e. The molecule has 88 valence electrons. The maximum atomic E-state index is 2.37. The van der Waals surface area contributed by atoms with E-state index < -0.39 is 0 Å². The van der Waals surface area contributed by atoms with Crippen molar-refractivity contribution < 1.29 is 17.0 Å². The quantitative estimate of drug-likeness (QED) is 0.494. The van der Waals surface area contributed by atoms with E-state index in [-0.39, 0.29) is 12.4 Å². The van der Waals surface area contributed by atoms with Crippen LogP contribution in [0.1, 0.15) is 51.1 Å².